The summed E-state index contributed by atoms with van der Waals surface area (Å²) in [5.74, 6) is 0.587. The van der Waals surface area contributed by atoms with Gasteiger partial charge < -0.3 is 10.3 Å². The van der Waals surface area contributed by atoms with Gasteiger partial charge in [0.25, 0.3) is 0 Å². The summed E-state index contributed by atoms with van der Waals surface area (Å²) < 4.78 is 2.25. The summed E-state index contributed by atoms with van der Waals surface area (Å²) >= 11 is 0. The molecule has 0 radical (unpaired) electrons. The van der Waals surface area contributed by atoms with E-state index in [0.29, 0.717) is 12.0 Å². The van der Waals surface area contributed by atoms with E-state index < -0.39 is 0 Å². The molecule has 1 saturated heterocycles. The van der Waals surface area contributed by atoms with Crippen LogP contribution in [0.4, 0.5) is 0 Å². The Kier molecular flexibility index (Phi) is 4.18. The molecule has 0 spiro atoms. The fraction of sp³-hybridized carbons (Fsp3) is 0.769. The molecule has 1 fully saturated rings. The minimum Gasteiger partial charge on any atom is -0.333 e. The second-order valence-electron chi connectivity index (χ2n) is 4.87. The van der Waals surface area contributed by atoms with Crippen LogP contribution >= 0.6 is 0 Å². The molecule has 1 aliphatic rings. The molecule has 0 saturated carbocycles. The monoisotopic (exact) mass is 236 g/mol. The number of nitrogens with zero attached hydrogens (tertiary/aromatic N) is 3. The van der Waals surface area contributed by atoms with Crippen LogP contribution < -0.4 is 5.73 Å². The Morgan fingerprint density at radius 1 is 1.47 bits per heavy atom. The summed E-state index contributed by atoms with van der Waals surface area (Å²) in [6.07, 6.45) is 6.38. The molecule has 17 heavy (non-hydrogen) atoms. The molecule has 2 atom stereocenters. The highest BCUT2D eigenvalue weighted by molar-refractivity contribution is 5.10. The third-order valence-corrected chi connectivity index (χ3v) is 3.83. The van der Waals surface area contributed by atoms with Crippen molar-refractivity contribution in [1.29, 1.82) is 0 Å². The molecule has 96 valence electrons. The number of nitrogens with two attached hydrogens (primary N) is 1. The van der Waals surface area contributed by atoms with Gasteiger partial charge in [-0.05, 0) is 45.3 Å². The molecule has 2 N–H and O–H groups in total. The molecule has 4 heteroatoms. The first-order chi connectivity index (χ1) is 8.31. The van der Waals surface area contributed by atoms with Crippen molar-refractivity contribution in [2.24, 2.45) is 11.7 Å². The van der Waals surface area contributed by atoms with Gasteiger partial charge >= 0.3 is 0 Å². The Bertz CT molecular complexity index is 347. The predicted octanol–water partition coefficient (Wildman–Crippen LogP) is 1.63. The second kappa shape index (κ2) is 5.65. The average Bonchev–Trinajstić information content (AvgIpc) is 2.94. The lowest BCUT2D eigenvalue weighted by Gasteiger charge is -2.28. The smallest absolute Gasteiger partial charge is 0.0948 e. The predicted molar refractivity (Wildman–Crippen MR) is 69.7 cm³/mol. The van der Waals surface area contributed by atoms with Crippen molar-refractivity contribution in [2.75, 3.05) is 19.6 Å². The molecule has 0 bridgehead atoms. The fourth-order valence-corrected chi connectivity index (χ4v) is 2.98. The maximum Gasteiger partial charge on any atom is 0.0948 e. The highest BCUT2D eigenvalue weighted by atomic mass is 15.2. The molecule has 0 amide bonds. The van der Waals surface area contributed by atoms with Gasteiger partial charge in [-0.3, -0.25) is 4.90 Å². The van der Waals surface area contributed by atoms with Crippen molar-refractivity contribution < 1.29 is 0 Å². The highest BCUT2D eigenvalue weighted by Gasteiger charge is 2.35. The number of hydrogen-bond acceptors (Lipinski definition) is 3. The number of rotatable bonds is 5. The van der Waals surface area contributed by atoms with Crippen molar-refractivity contribution in [3.8, 4) is 0 Å². The molecular formula is C13H24N4. The van der Waals surface area contributed by atoms with Gasteiger partial charge in [0.2, 0.25) is 0 Å². The van der Waals surface area contributed by atoms with E-state index in [1.165, 1.54) is 25.1 Å². The van der Waals surface area contributed by atoms with Gasteiger partial charge in [-0.25, -0.2) is 4.98 Å². The second-order valence-corrected chi connectivity index (χ2v) is 4.87. The largest absolute Gasteiger partial charge is 0.333 e. The van der Waals surface area contributed by atoms with Crippen molar-refractivity contribution >= 4 is 0 Å². The van der Waals surface area contributed by atoms with Crippen molar-refractivity contribution in [1.82, 2.24) is 14.5 Å². The zero-order chi connectivity index (χ0) is 12.3. The fourth-order valence-electron chi connectivity index (χ4n) is 2.98. The minimum atomic E-state index is 0.474. The van der Waals surface area contributed by atoms with Gasteiger partial charge in [-0.2, -0.15) is 0 Å². The SMILES string of the molecule is CCCN1CCC(CN)C1c1cncn1CC. The molecule has 1 aromatic rings. The van der Waals surface area contributed by atoms with Crippen molar-refractivity contribution in [3.63, 3.8) is 0 Å². The third kappa shape index (κ3) is 2.38. The van der Waals surface area contributed by atoms with Crippen LogP contribution in [0.1, 0.15) is 38.4 Å². The van der Waals surface area contributed by atoms with Crippen LogP contribution in [-0.4, -0.2) is 34.1 Å². The summed E-state index contributed by atoms with van der Waals surface area (Å²) in [7, 11) is 0. The van der Waals surface area contributed by atoms with E-state index in [2.05, 4.69) is 28.3 Å². The summed E-state index contributed by atoms with van der Waals surface area (Å²) in [6.45, 7) is 8.51. The number of aromatic nitrogens is 2. The number of likely N-dealkylation sites (tertiary alicyclic amines) is 1. The quantitative estimate of drug-likeness (QED) is 0.845. The molecule has 2 heterocycles. The molecule has 1 aromatic heterocycles. The van der Waals surface area contributed by atoms with Crippen LogP contribution in [0.25, 0.3) is 0 Å². The lowest BCUT2D eigenvalue weighted by molar-refractivity contribution is 0.221. The van der Waals surface area contributed by atoms with E-state index >= 15 is 0 Å². The van der Waals surface area contributed by atoms with Crippen LogP contribution in [0, 0.1) is 5.92 Å². The zero-order valence-electron chi connectivity index (χ0n) is 11.0. The van der Waals surface area contributed by atoms with Crippen LogP contribution in [0.2, 0.25) is 0 Å². The Hall–Kier alpha value is -0.870. The van der Waals surface area contributed by atoms with E-state index in [4.69, 9.17) is 5.73 Å². The normalized spacial score (nSPS) is 25.6. The molecule has 1 aliphatic heterocycles. The van der Waals surface area contributed by atoms with Gasteiger partial charge in [0, 0.05) is 12.7 Å². The first-order valence-corrected chi connectivity index (χ1v) is 6.75. The summed E-state index contributed by atoms with van der Waals surface area (Å²) in [6, 6.07) is 0.474. The average molecular weight is 236 g/mol. The van der Waals surface area contributed by atoms with Crippen LogP contribution in [0.5, 0.6) is 0 Å². The van der Waals surface area contributed by atoms with E-state index in [9.17, 15) is 0 Å². The highest BCUT2D eigenvalue weighted by Crippen LogP contribution is 2.36. The number of aryl methyl sites for hydroxylation is 1. The summed E-state index contributed by atoms with van der Waals surface area (Å²) in [5.41, 5.74) is 7.27. The van der Waals surface area contributed by atoms with Crippen LogP contribution in [0.3, 0.4) is 0 Å². The minimum absolute atomic E-state index is 0.474. The Balaban J connectivity index is 2.24. The zero-order valence-corrected chi connectivity index (χ0v) is 11.0. The lowest BCUT2D eigenvalue weighted by Crippen LogP contribution is -2.30. The maximum absolute atomic E-state index is 5.92. The molecule has 4 nitrogen and oxygen atoms in total. The first kappa shape index (κ1) is 12.6. The van der Waals surface area contributed by atoms with Crippen LogP contribution in [0.15, 0.2) is 12.5 Å². The lowest BCUT2D eigenvalue weighted by atomic mass is 9.98. The molecular weight excluding hydrogens is 212 g/mol. The van der Waals surface area contributed by atoms with E-state index in [1.807, 2.05) is 12.5 Å². The number of hydrogen-bond donors (Lipinski definition) is 1. The summed E-state index contributed by atoms with van der Waals surface area (Å²) in [5, 5.41) is 0. The Morgan fingerprint density at radius 2 is 2.29 bits per heavy atom. The van der Waals surface area contributed by atoms with Gasteiger partial charge in [-0.15, -0.1) is 0 Å². The van der Waals surface area contributed by atoms with E-state index in [-0.39, 0.29) is 0 Å². The molecule has 0 aromatic carbocycles. The van der Waals surface area contributed by atoms with Gasteiger partial charge in [0.1, 0.15) is 0 Å². The van der Waals surface area contributed by atoms with E-state index in [0.717, 1.165) is 19.6 Å². The van der Waals surface area contributed by atoms with Crippen molar-refractivity contribution in [3.05, 3.63) is 18.2 Å². The number of imidazole rings is 1. The molecule has 0 aliphatic carbocycles. The Labute approximate surface area is 104 Å². The Morgan fingerprint density at radius 3 is 2.94 bits per heavy atom. The molecule has 2 unspecified atom stereocenters. The van der Waals surface area contributed by atoms with E-state index in [1.54, 1.807) is 0 Å². The van der Waals surface area contributed by atoms with Gasteiger partial charge in [0.05, 0.1) is 18.1 Å². The topological polar surface area (TPSA) is 47.1 Å². The van der Waals surface area contributed by atoms with Gasteiger partial charge in [0.15, 0.2) is 0 Å². The third-order valence-electron chi connectivity index (χ3n) is 3.83. The summed E-state index contributed by atoms with van der Waals surface area (Å²) in [4.78, 5) is 6.87. The first-order valence-electron chi connectivity index (χ1n) is 6.75. The standard InChI is InChI=1S/C13H24N4/c1-3-6-17-7-5-11(8-14)13(17)12-9-15-10-16(12)4-2/h9-11,13H,3-8,14H2,1-2H3. The van der Waals surface area contributed by atoms with Gasteiger partial charge in [-0.1, -0.05) is 6.92 Å². The molecule has 2 rings (SSSR count). The maximum atomic E-state index is 5.92. The van der Waals surface area contributed by atoms with Crippen molar-refractivity contribution in [2.45, 2.75) is 39.3 Å². The van der Waals surface area contributed by atoms with Crippen LogP contribution in [-0.2, 0) is 6.54 Å².